The molecule has 1 atom stereocenters. The van der Waals surface area contributed by atoms with Gasteiger partial charge in [0.2, 0.25) is 0 Å². The maximum absolute atomic E-state index is 5.44. The van der Waals surface area contributed by atoms with Crippen LogP contribution in [0.4, 0.5) is 0 Å². The van der Waals surface area contributed by atoms with E-state index in [0.29, 0.717) is 12.6 Å². The summed E-state index contributed by atoms with van der Waals surface area (Å²) >= 11 is 0. The molecular formula is C9H18N4. The smallest absolute Gasteiger partial charge is 0.0535 e. The molecule has 1 aromatic heterocycles. The summed E-state index contributed by atoms with van der Waals surface area (Å²) in [4.78, 5) is 0. The van der Waals surface area contributed by atoms with Gasteiger partial charge >= 0.3 is 0 Å². The number of nitrogens with two attached hydrogens (primary N) is 1. The third-order valence-corrected chi connectivity index (χ3v) is 2.03. The van der Waals surface area contributed by atoms with Gasteiger partial charge in [-0.2, -0.15) is 5.10 Å². The largest absolute Gasteiger partial charge is 0.329 e. The van der Waals surface area contributed by atoms with Gasteiger partial charge in [-0.25, -0.2) is 0 Å². The topological polar surface area (TPSA) is 66.7 Å². The summed E-state index contributed by atoms with van der Waals surface area (Å²) in [5.41, 5.74) is 6.66. The van der Waals surface area contributed by atoms with E-state index in [9.17, 15) is 0 Å². The van der Waals surface area contributed by atoms with Crippen molar-refractivity contribution >= 4 is 0 Å². The van der Waals surface area contributed by atoms with Crippen LogP contribution in [0.5, 0.6) is 0 Å². The van der Waals surface area contributed by atoms with Gasteiger partial charge in [0.15, 0.2) is 0 Å². The fourth-order valence-electron chi connectivity index (χ4n) is 1.38. The van der Waals surface area contributed by atoms with Crippen molar-refractivity contribution in [2.45, 2.75) is 25.8 Å². The molecule has 0 bridgehead atoms. The van der Waals surface area contributed by atoms with Crippen molar-refractivity contribution in [2.75, 3.05) is 13.1 Å². The Morgan fingerprint density at radius 3 is 3.08 bits per heavy atom. The molecule has 0 aromatic carbocycles. The maximum atomic E-state index is 5.44. The van der Waals surface area contributed by atoms with Crippen LogP contribution in [-0.4, -0.2) is 23.3 Å². The predicted octanol–water partition coefficient (Wildman–Crippen LogP) is 0.799. The number of aromatic nitrogens is 2. The Bertz CT molecular complexity index is 207. The van der Waals surface area contributed by atoms with Gasteiger partial charge in [0.25, 0.3) is 0 Å². The first-order chi connectivity index (χ1) is 6.38. The van der Waals surface area contributed by atoms with E-state index in [-0.39, 0.29) is 0 Å². The first kappa shape index (κ1) is 10.2. The first-order valence-corrected chi connectivity index (χ1v) is 4.80. The highest BCUT2D eigenvalue weighted by Crippen LogP contribution is 2.15. The summed E-state index contributed by atoms with van der Waals surface area (Å²) in [7, 11) is 0. The number of nitrogens with zero attached hydrogens (tertiary/aromatic N) is 1. The second kappa shape index (κ2) is 5.72. The Hall–Kier alpha value is -0.870. The number of hydrogen-bond acceptors (Lipinski definition) is 3. The van der Waals surface area contributed by atoms with Crippen LogP contribution in [0.3, 0.4) is 0 Å². The number of hydrogen-bond donors (Lipinski definition) is 3. The van der Waals surface area contributed by atoms with Gasteiger partial charge < -0.3 is 11.1 Å². The van der Waals surface area contributed by atoms with Gasteiger partial charge in [-0.1, -0.05) is 13.3 Å². The van der Waals surface area contributed by atoms with Crippen molar-refractivity contribution in [1.29, 1.82) is 0 Å². The third kappa shape index (κ3) is 3.16. The van der Waals surface area contributed by atoms with E-state index in [1.165, 1.54) is 5.56 Å². The molecule has 1 aromatic rings. The Morgan fingerprint density at radius 1 is 1.69 bits per heavy atom. The van der Waals surface area contributed by atoms with Gasteiger partial charge in [-0.15, -0.1) is 0 Å². The molecule has 4 heteroatoms. The molecular weight excluding hydrogens is 164 g/mol. The summed E-state index contributed by atoms with van der Waals surface area (Å²) < 4.78 is 0. The molecule has 0 fully saturated rings. The zero-order chi connectivity index (χ0) is 9.52. The molecule has 0 saturated carbocycles. The van der Waals surface area contributed by atoms with Crippen molar-refractivity contribution in [3.8, 4) is 0 Å². The van der Waals surface area contributed by atoms with Crippen LogP contribution < -0.4 is 11.1 Å². The average molecular weight is 182 g/mol. The molecule has 0 aliphatic carbocycles. The summed E-state index contributed by atoms with van der Waals surface area (Å²) in [6.07, 6.45) is 6.08. The van der Waals surface area contributed by atoms with Crippen molar-refractivity contribution in [3.05, 3.63) is 18.0 Å². The van der Waals surface area contributed by atoms with Gasteiger partial charge in [-0.05, 0) is 6.42 Å². The highest BCUT2D eigenvalue weighted by Gasteiger charge is 2.09. The number of aromatic amines is 1. The molecule has 0 aliphatic rings. The first-order valence-electron chi connectivity index (χ1n) is 4.80. The molecule has 1 heterocycles. The lowest BCUT2D eigenvalue weighted by atomic mass is 10.1. The predicted molar refractivity (Wildman–Crippen MR) is 53.3 cm³/mol. The second-order valence-electron chi connectivity index (χ2n) is 3.12. The molecule has 0 amide bonds. The van der Waals surface area contributed by atoms with Gasteiger partial charge in [0.05, 0.1) is 6.20 Å². The van der Waals surface area contributed by atoms with E-state index >= 15 is 0 Å². The van der Waals surface area contributed by atoms with Crippen LogP contribution in [0, 0.1) is 0 Å². The monoisotopic (exact) mass is 182 g/mol. The molecule has 0 aliphatic heterocycles. The lowest BCUT2D eigenvalue weighted by molar-refractivity contribution is 0.501. The minimum absolute atomic E-state index is 0.396. The summed E-state index contributed by atoms with van der Waals surface area (Å²) in [5, 5.41) is 10.1. The van der Waals surface area contributed by atoms with Crippen molar-refractivity contribution < 1.29 is 0 Å². The van der Waals surface area contributed by atoms with E-state index < -0.39 is 0 Å². The molecule has 1 unspecified atom stereocenters. The van der Waals surface area contributed by atoms with Crippen LogP contribution in [0.1, 0.15) is 31.4 Å². The summed E-state index contributed by atoms with van der Waals surface area (Å²) in [6, 6.07) is 0.396. The highest BCUT2D eigenvalue weighted by molar-refractivity contribution is 5.08. The van der Waals surface area contributed by atoms with Crippen LogP contribution in [-0.2, 0) is 0 Å². The highest BCUT2D eigenvalue weighted by atomic mass is 15.1. The molecule has 13 heavy (non-hydrogen) atoms. The third-order valence-electron chi connectivity index (χ3n) is 2.03. The summed E-state index contributed by atoms with van der Waals surface area (Å²) in [5.74, 6) is 0. The quantitative estimate of drug-likeness (QED) is 0.609. The fraction of sp³-hybridized carbons (Fsp3) is 0.667. The number of H-pyrrole nitrogens is 1. The van der Waals surface area contributed by atoms with Crippen molar-refractivity contribution in [1.82, 2.24) is 15.5 Å². The van der Waals surface area contributed by atoms with E-state index in [2.05, 4.69) is 22.4 Å². The standard InChI is InChI=1S/C9H18N4/c1-2-3-9(11-5-4-10)8-6-12-13-7-8/h6-7,9,11H,2-5,10H2,1H3,(H,12,13). The SMILES string of the molecule is CCCC(NCCN)c1cn[nH]c1. The average Bonchev–Trinajstić information content (AvgIpc) is 2.65. The second-order valence-corrected chi connectivity index (χ2v) is 3.12. The van der Waals surface area contributed by atoms with Crippen molar-refractivity contribution in [2.24, 2.45) is 5.73 Å². The molecule has 0 saturated heterocycles. The zero-order valence-corrected chi connectivity index (χ0v) is 8.09. The zero-order valence-electron chi connectivity index (χ0n) is 8.09. The van der Waals surface area contributed by atoms with Crippen LogP contribution in [0.2, 0.25) is 0 Å². The fourth-order valence-corrected chi connectivity index (χ4v) is 1.38. The molecule has 4 nitrogen and oxygen atoms in total. The van der Waals surface area contributed by atoms with Crippen LogP contribution in [0.15, 0.2) is 12.4 Å². The lowest BCUT2D eigenvalue weighted by Crippen LogP contribution is -2.26. The molecule has 0 spiro atoms. The molecule has 74 valence electrons. The Labute approximate surface area is 78.9 Å². The van der Waals surface area contributed by atoms with Gasteiger partial charge in [0, 0.05) is 30.9 Å². The molecule has 1 rings (SSSR count). The maximum Gasteiger partial charge on any atom is 0.0535 e. The van der Waals surface area contributed by atoms with E-state index in [1.54, 1.807) is 0 Å². The minimum Gasteiger partial charge on any atom is -0.329 e. The number of rotatable bonds is 6. The van der Waals surface area contributed by atoms with E-state index in [4.69, 9.17) is 5.73 Å². The Balaban J connectivity index is 2.47. The molecule has 4 N–H and O–H groups in total. The Morgan fingerprint density at radius 2 is 2.54 bits per heavy atom. The van der Waals surface area contributed by atoms with Crippen LogP contribution >= 0.6 is 0 Å². The van der Waals surface area contributed by atoms with Gasteiger partial charge in [-0.3, -0.25) is 5.10 Å². The minimum atomic E-state index is 0.396. The Kier molecular flexibility index (Phi) is 4.49. The normalized spacial score (nSPS) is 13.1. The van der Waals surface area contributed by atoms with Crippen LogP contribution in [0.25, 0.3) is 0 Å². The van der Waals surface area contributed by atoms with Gasteiger partial charge in [0.1, 0.15) is 0 Å². The van der Waals surface area contributed by atoms with E-state index in [0.717, 1.165) is 19.4 Å². The molecule has 0 radical (unpaired) electrons. The number of nitrogens with one attached hydrogen (secondary N) is 2. The summed E-state index contributed by atoms with van der Waals surface area (Å²) in [6.45, 7) is 3.71. The van der Waals surface area contributed by atoms with E-state index in [1.807, 2.05) is 12.4 Å². The van der Waals surface area contributed by atoms with Crippen molar-refractivity contribution in [3.63, 3.8) is 0 Å². The lowest BCUT2D eigenvalue weighted by Gasteiger charge is -2.15.